The summed E-state index contributed by atoms with van der Waals surface area (Å²) >= 11 is 1.60. The zero-order chi connectivity index (χ0) is 11.1. The molecule has 1 rings (SSSR count). The van der Waals surface area contributed by atoms with E-state index in [9.17, 15) is 4.79 Å². The van der Waals surface area contributed by atoms with Gasteiger partial charge >= 0.3 is 5.97 Å². The number of esters is 1. The first-order valence-electron chi connectivity index (χ1n) is 4.69. The molecule has 0 bridgehead atoms. The van der Waals surface area contributed by atoms with Crippen LogP contribution in [0, 0.1) is 0 Å². The van der Waals surface area contributed by atoms with Crippen LogP contribution in [0.3, 0.4) is 0 Å². The third-order valence-electron chi connectivity index (χ3n) is 1.93. The molecule has 0 saturated carbocycles. The SMILES string of the molecule is COC(=O)CCSC(CN)c1ccco1. The maximum Gasteiger partial charge on any atom is 0.306 e. The largest absolute Gasteiger partial charge is 0.469 e. The van der Waals surface area contributed by atoms with Crippen molar-refractivity contribution >= 4 is 17.7 Å². The predicted octanol–water partition coefficient (Wildman–Crippen LogP) is 1.58. The van der Waals surface area contributed by atoms with Crippen LogP contribution in [0.1, 0.15) is 17.4 Å². The molecule has 1 atom stereocenters. The van der Waals surface area contributed by atoms with Gasteiger partial charge in [0, 0.05) is 12.3 Å². The number of nitrogens with two attached hydrogens (primary N) is 1. The van der Waals surface area contributed by atoms with Gasteiger partial charge < -0.3 is 14.9 Å². The summed E-state index contributed by atoms with van der Waals surface area (Å²) in [5, 5.41) is 0.115. The van der Waals surface area contributed by atoms with Crippen LogP contribution in [-0.2, 0) is 9.53 Å². The molecule has 0 radical (unpaired) electrons. The van der Waals surface area contributed by atoms with Gasteiger partial charge in [0.05, 0.1) is 25.0 Å². The van der Waals surface area contributed by atoms with Crippen molar-refractivity contribution in [3.63, 3.8) is 0 Å². The molecular weight excluding hydrogens is 214 g/mol. The molecule has 1 aromatic heterocycles. The molecule has 0 aliphatic heterocycles. The quantitative estimate of drug-likeness (QED) is 0.750. The smallest absolute Gasteiger partial charge is 0.306 e. The number of hydrogen-bond donors (Lipinski definition) is 1. The van der Waals surface area contributed by atoms with Crippen molar-refractivity contribution in [3.05, 3.63) is 24.2 Å². The lowest BCUT2D eigenvalue weighted by atomic mass is 10.3. The highest BCUT2D eigenvalue weighted by Crippen LogP contribution is 2.28. The molecule has 15 heavy (non-hydrogen) atoms. The minimum Gasteiger partial charge on any atom is -0.469 e. The highest BCUT2D eigenvalue weighted by atomic mass is 32.2. The van der Waals surface area contributed by atoms with Crippen LogP contribution in [0.4, 0.5) is 0 Å². The van der Waals surface area contributed by atoms with Crippen molar-refractivity contribution in [2.45, 2.75) is 11.7 Å². The molecule has 5 heteroatoms. The molecule has 1 heterocycles. The summed E-state index contributed by atoms with van der Waals surface area (Å²) < 4.78 is 9.80. The Kier molecular flexibility index (Phi) is 5.28. The zero-order valence-electron chi connectivity index (χ0n) is 8.64. The normalized spacial score (nSPS) is 12.4. The van der Waals surface area contributed by atoms with Crippen molar-refractivity contribution in [1.82, 2.24) is 0 Å². The van der Waals surface area contributed by atoms with E-state index in [1.54, 1.807) is 18.0 Å². The predicted molar refractivity (Wildman–Crippen MR) is 59.6 cm³/mol. The molecule has 1 unspecified atom stereocenters. The molecule has 0 aliphatic rings. The number of carbonyl (C=O) groups is 1. The van der Waals surface area contributed by atoms with Crippen molar-refractivity contribution in [3.8, 4) is 0 Å². The number of rotatable bonds is 6. The average molecular weight is 229 g/mol. The monoisotopic (exact) mass is 229 g/mol. The molecule has 1 aromatic rings. The molecule has 0 aliphatic carbocycles. The van der Waals surface area contributed by atoms with E-state index in [0.717, 1.165) is 5.76 Å². The Labute approximate surface area is 93.2 Å². The molecule has 0 aromatic carbocycles. The van der Waals surface area contributed by atoms with Crippen LogP contribution < -0.4 is 5.73 Å². The maximum absolute atomic E-state index is 10.9. The Hall–Kier alpha value is -0.940. The van der Waals surface area contributed by atoms with Gasteiger partial charge in [-0.3, -0.25) is 4.79 Å². The first-order chi connectivity index (χ1) is 7.27. The highest BCUT2D eigenvalue weighted by molar-refractivity contribution is 7.99. The lowest BCUT2D eigenvalue weighted by Crippen LogP contribution is -2.10. The van der Waals surface area contributed by atoms with Crippen LogP contribution in [0.15, 0.2) is 22.8 Å². The van der Waals surface area contributed by atoms with E-state index in [-0.39, 0.29) is 11.2 Å². The minimum atomic E-state index is -0.197. The van der Waals surface area contributed by atoms with Crippen molar-refractivity contribution in [2.75, 3.05) is 19.4 Å². The van der Waals surface area contributed by atoms with Crippen molar-refractivity contribution in [1.29, 1.82) is 0 Å². The van der Waals surface area contributed by atoms with Crippen molar-refractivity contribution in [2.24, 2.45) is 5.73 Å². The molecule has 4 nitrogen and oxygen atoms in total. The van der Waals surface area contributed by atoms with E-state index in [4.69, 9.17) is 10.2 Å². The van der Waals surface area contributed by atoms with Crippen LogP contribution >= 0.6 is 11.8 Å². The molecule has 0 saturated heterocycles. The fraction of sp³-hybridized carbons (Fsp3) is 0.500. The first-order valence-corrected chi connectivity index (χ1v) is 5.74. The third kappa shape index (κ3) is 3.97. The van der Waals surface area contributed by atoms with E-state index in [0.29, 0.717) is 18.7 Å². The second kappa shape index (κ2) is 6.53. The molecule has 84 valence electrons. The molecule has 0 amide bonds. The van der Waals surface area contributed by atoms with E-state index < -0.39 is 0 Å². The topological polar surface area (TPSA) is 65.5 Å². The number of furan rings is 1. The zero-order valence-corrected chi connectivity index (χ0v) is 9.46. The fourth-order valence-electron chi connectivity index (χ4n) is 1.13. The average Bonchev–Trinajstić information content (AvgIpc) is 2.77. The van der Waals surface area contributed by atoms with Crippen LogP contribution in [0.5, 0.6) is 0 Å². The van der Waals surface area contributed by atoms with Crippen molar-refractivity contribution < 1.29 is 13.9 Å². The summed E-state index contributed by atoms with van der Waals surface area (Å²) in [5.74, 6) is 1.35. The van der Waals surface area contributed by atoms with Crippen LogP contribution in [0.25, 0.3) is 0 Å². The van der Waals surface area contributed by atoms with Crippen LogP contribution in [0.2, 0.25) is 0 Å². The van der Waals surface area contributed by atoms with Gasteiger partial charge in [-0.05, 0) is 12.1 Å². The molecular formula is C10H15NO3S. The molecule has 2 N–H and O–H groups in total. The van der Waals surface area contributed by atoms with E-state index >= 15 is 0 Å². The number of methoxy groups -OCH3 is 1. The lowest BCUT2D eigenvalue weighted by molar-refractivity contribution is -0.140. The second-order valence-electron chi connectivity index (χ2n) is 2.94. The first kappa shape index (κ1) is 12.1. The summed E-state index contributed by atoms with van der Waals surface area (Å²) in [5.41, 5.74) is 5.62. The summed E-state index contributed by atoms with van der Waals surface area (Å²) in [4.78, 5) is 10.9. The lowest BCUT2D eigenvalue weighted by Gasteiger charge is -2.10. The number of ether oxygens (including phenoxy) is 1. The van der Waals surface area contributed by atoms with Gasteiger partial charge in [-0.2, -0.15) is 0 Å². The van der Waals surface area contributed by atoms with Gasteiger partial charge in [-0.15, -0.1) is 11.8 Å². The van der Waals surface area contributed by atoms with Gasteiger partial charge in [0.15, 0.2) is 0 Å². The highest BCUT2D eigenvalue weighted by Gasteiger charge is 2.13. The standard InChI is InChI=1S/C10H15NO3S/c1-13-10(12)4-6-15-9(7-11)8-3-2-5-14-8/h2-3,5,9H,4,6-7,11H2,1H3. The van der Waals surface area contributed by atoms with E-state index in [1.807, 2.05) is 12.1 Å². The van der Waals surface area contributed by atoms with Gasteiger partial charge in [-0.25, -0.2) is 0 Å². The van der Waals surface area contributed by atoms with E-state index in [1.165, 1.54) is 7.11 Å². The van der Waals surface area contributed by atoms with Crippen LogP contribution in [-0.4, -0.2) is 25.4 Å². The Morgan fingerprint density at radius 3 is 3.07 bits per heavy atom. The Bertz CT molecular complexity index is 287. The number of carbonyl (C=O) groups excluding carboxylic acids is 1. The third-order valence-corrected chi connectivity index (χ3v) is 3.19. The number of hydrogen-bond acceptors (Lipinski definition) is 5. The molecule has 0 spiro atoms. The van der Waals surface area contributed by atoms with E-state index in [2.05, 4.69) is 4.74 Å². The summed E-state index contributed by atoms with van der Waals surface area (Å²) in [6.45, 7) is 0.499. The number of thioether (sulfide) groups is 1. The Morgan fingerprint density at radius 1 is 1.73 bits per heavy atom. The molecule has 0 fully saturated rings. The van der Waals surface area contributed by atoms with Gasteiger partial charge in [0.25, 0.3) is 0 Å². The minimum absolute atomic E-state index is 0.115. The Balaban J connectivity index is 2.32. The Morgan fingerprint density at radius 2 is 2.53 bits per heavy atom. The van der Waals surface area contributed by atoms with Gasteiger partial charge in [-0.1, -0.05) is 0 Å². The second-order valence-corrected chi connectivity index (χ2v) is 4.25. The van der Waals surface area contributed by atoms with Gasteiger partial charge in [0.2, 0.25) is 0 Å². The maximum atomic E-state index is 10.9. The summed E-state index contributed by atoms with van der Waals surface area (Å²) in [6, 6.07) is 3.72. The summed E-state index contributed by atoms with van der Waals surface area (Å²) in [6.07, 6.45) is 2.03. The van der Waals surface area contributed by atoms with Gasteiger partial charge in [0.1, 0.15) is 5.76 Å². The summed E-state index contributed by atoms with van der Waals surface area (Å²) in [7, 11) is 1.39. The fourth-order valence-corrected chi connectivity index (χ4v) is 2.13.